The first-order chi connectivity index (χ1) is 11.9. The average molecular weight is 383 g/mol. The smallest absolute Gasteiger partial charge is 0.292 e. The third-order valence-corrected chi connectivity index (χ3v) is 4.79. The van der Waals surface area contributed by atoms with Crippen LogP contribution in [0.5, 0.6) is 0 Å². The van der Waals surface area contributed by atoms with Gasteiger partial charge in [-0.2, -0.15) is 9.78 Å². The fraction of sp³-hybridized carbons (Fsp3) is 0.312. The van der Waals surface area contributed by atoms with Crippen molar-refractivity contribution in [2.75, 3.05) is 24.6 Å². The van der Waals surface area contributed by atoms with Crippen molar-refractivity contribution in [1.29, 1.82) is 0 Å². The summed E-state index contributed by atoms with van der Waals surface area (Å²) in [5, 5.41) is 4.73. The molecule has 0 radical (unpaired) electrons. The molecule has 0 saturated carbocycles. The largest absolute Gasteiger partial charge is 0.367 e. The minimum atomic E-state index is -0.747. The molecule has 1 aromatic heterocycles. The number of anilines is 1. The van der Waals surface area contributed by atoms with Gasteiger partial charge in [-0.15, -0.1) is 0 Å². The quantitative estimate of drug-likeness (QED) is 0.869. The number of hydrogen-bond acceptors (Lipinski definition) is 5. The summed E-state index contributed by atoms with van der Waals surface area (Å²) in [6.07, 6.45) is 0.740. The van der Waals surface area contributed by atoms with Gasteiger partial charge in [0.05, 0.1) is 30.7 Å². The number of hydrogen-bond donors (Lipinski definition) is 1. The Kier molecular flexibility index (Phi) is 4.99. The fourth-order valence-corrected chi connectivity index (χ4v) is 3.01. The van der Waals surface area contributed by atoms with Gasteiger partial charge < -0.3 is 15.4 Å². The number of aryl methyl sites for hydroxylation is 1. The molecule has 1 unspecified atom stereocenters. The number of benzene rings is 1. The molecule has 0 bridgehead atoms. The molecule has 7 nitrogen and oxygen atoms in total. The minimum absolute atomic E-state index is 0.0109. The van der Waals surface area contributed by atoms with Crippen LogP contribution in [-0.4, -0.2) is 41.5 Å². The number of nitrogens with two attached hydrogens (primary N) is 1. The number of halogens is 2. The van der Waals surface area contributed by atoms with Gasteiger partial charge in [0.15, 0.2) is 6.10 Å². The summed E-state index contributed by atoms with van der Waals surface area (Å²) in [7, 11) is 0. The van der Waals surface area contributed by atoms with Crippen molar-refractivity contribution in [3.63, 3.8) is 0 Å². The first kappa shape index (κ1) is 17.7. The highest BCUT2D eigenvalue weighted by Gasteiger charge is 2.27. The summed E-state index contributed by atoms with van der Waals surface area (Å²) in [6.45, 7) is 2.87. The lowest BCUT2D eigenvalue weighted by Crippen LogP contribution is -2.49. The molecule has 1 aliphatic heterocycles. The molecule has 1 saturated heterocycles. The molecule has 2 N–H and O–H groups in total. The molecule has 1 aromatic carbocycles. The zero-order valence-corrected chi connectivity index (χ0v) is 14.9. The SMILES string of the molecule is Cc1ccc(-n2ncc(N3CCOC(C(N)=O)C3)c(Cl)c2=O)cc1Cl. The molecular formula is C16H16Cl2N4O3. The van der Waals surface area contributed by atoms with Crippen molar-refractivity contribution in [2.24, 2.45) is 5.73 Å². The van der Waals surface area contributed by atoms with E-state index in [0.717, 1.165) is 5.56 Å². The molecule has 1 atom stereocenters. The summed E-state index contributed by atoms with van der Waals surface area (Å²) in [5.74, 6) is -0.559. The van der Waals surface area contributed by atoms with E-state index in [-0.39, 0.29) is 11.6 Å². The van der Waals surface area contributed by atoms with Crippen molar-refractivity contribution >= 4 is 34.8 Å². The van der Waals surface area contributed by atoms with Gasteiger partial charge in [-0.3, -0.25) is 9.59 Å². The molecule has 25 heavy (non-hydrogen) atoms. The van der Waals surface area contributed by atoms with Crippen LogP contribution in [0.4, 0.5) is 5.69 Å². The molecular weight excluding hydrogens is 367 g/mol. The first-order valence-corrected chi connectivity index (χ1v) is 8.34. The second-order valence-electron chi connectivity index (χ2n) is 5.70. The zero-order chi connectivity index (χ0) is 18.1. The predicted octanol–water partition coefficient (Wildman–Crippen LogP) is 1.54. The van der Waals surface area contributed by atoms with Crippen molar-refractivity contribution in [1.82, 2.24) is 9.78 Å². The van der Waals surface area contributed by atoms with E-state index in [4.69, 9.17) is 33.7 Å². The molecule has 1 aliphatic rings. The van der Waals surface area contributed by atoms with Crippen LogP contribution < -0.4 is 16.2 Å². The second kappa shape index (κ2) is 7.03. The first-order valence-electron chi connectivity index (χ1n) is 7.58. The number of morpholine rings is 1. The van der Waals surface area contributed by atoms with Gasteiger partial charge in [-0.1, -0.05) is 29.3 Å². The Hall–Kier alpha value is -2.09. The van der Waals surface area contributed by atoms with Crippen LogP contribution in [0.25, 0.3) is 5.69 Å². The van der Waals surface area contributed by atoms with E-state index in [2.05, 4.69) is 5.10 Å². The highest BCUT2D eigenvalue weighted by atomic mass is 35.5. The van der Waals surface area contributed by atoms with Gasteiger partial charge in [0.1, 0.15) is 5.02 Å². The summed E-state index contributed by atoms with van der Waals surface area (Å²) in [6, 6.07) is 5.19. The van der Waals surface area contributed by atoms with Crippen molar-refractivity contribution in [3.8, 4) is 5.69 Å². The molecule has 132 valence electrons. The van der Waals surface area contributed by atoms with Crippen LogP contribution in [-0.2, 0) is 9.53 Å². The molecule has 0 spiro atoms. The van der Waals surface area contributed by atoms with Gasteiger partial charge >= 0.3 is 0 Å². The monoisotopic (exact) mass is 382 g/mol. The standard InChI is InChI=1S/C16H16Cl2N4O3/c1-9-2-3-10(6-11(9)17)22-16(24)14(18)12(7-20-22)21-4-5-25-13(8-21)15(19)23/h2-3,6-7,13H,4-5,8H2,1H3,(H2,19,23). The normalized spacial score (nSPS) is 17.6. The topological polar surface area (TPSA) is 90.4 Å². The summed E-state index contributed by atoms with van der Waals surface area (Å²) < 4.78 is 6.48. The maximum atomic E-state index is 12.6. The van der Waals surface area contributed by atoms with Gasteiger partial charge in [0.2, 0.25) is 5.91 Å². The van der Waals surface area contributed by atoms with E-state index >= 15 is 0 Å². The molecule has 1 fully saturated rings. The van der Waals surface area contributed by atoms with Gasteiger partial charge in [0.25, 0.3) is 5.56 Å². The maximum absolute atomic E-state index is 12.6. The highest BCUT2D eigenvalue weighted by molar-refractivity contribution is 6.33. The van der Waals surface area contributed by atoms with E-state index < -0.39 is 17.6 Å². The van der Waals surface area contributed by atoms with Gasteiger partial charge in [-0.25, -0.2) is 0 Å². The van der Waals surface area contributed by atoms with Crippen LogP contribution in [0.15, 0.2) is 29.2 Å². The number of carbonyl (C=O) groups is 1. The minimum Gasteiger partial charge on any atom is -0.367 e. The van der Waals surface area contributed by atoms with Crippen LogP contribution >= 0.6 is 23.2 Å². The number of primary amides is 1. The fourth-order valence-electron chi connectivity index (χ4n) is 2.58. The lowest BCUT2D eigenvalue weighted by Gasteiger charge is -2.33. The second-order valence-corrected chi connectivity index (χ2v) is 6.49. The van der Waals surface area contributed by atoms with Crippen molar-refractivity contribution in [2.45, 2.75) is 13.0 Å². The Morgan fingerprint density at radius 3 is 2.84 bits per heavy atom. The lowest BCUT2D eigenvalue weighted by molar-refractivity contribution is -0.130. The number of amides is 1. The Labute approximate surface area is 153 Å². The van der Waals surface area contributed by atoms with Gasteiger partial charge in [-0.05, 0) is 24.6 Å². The number of nitrogens with zero attached hydrogens (tertiary/aromatic N) is 3. The van der Waals surface area contributed by atoms with Crippen LogP contribution in [0.3, 0.4) is 0 Å². The van der Waals surface area contributed by atoms with E-state index in [1.165, 1.54) is 10.9 Å². The Bertz CT molecular complexity index is 884. The van der Waals surface area contributed by atoms with E-state index in [1.54, 1.807) is 23.1 Å². The Balaban J connectivity index is 1.96. The summed E-state index contributed by atoms with van der Waals surface area (Å²) in [4.78, 5) is 25.7. The third kappa shape index (κ3) is 3.49. The summed E-state index contributed by atoms with van der Waals surface area (Å²) in [5.41, 5.74) is 6.67. The van der Waals surface area contributed by atoms with Crippen LogP contribution in [0.1, 0.15) is 5.56 Å². The van der Waals surface area contributed by atoms with Gasteiger partial charge in [0, 0.05) is 11.6 Å². The number of carbonyl (C=O) groups excluding carboxylic acids is 1. The average Bonchev–Trinajstić information content (AvgIpc) is 2.60. The maximum Gasteiger partial charge on any atom is 0.292 e. The van der Waals surface area contributed by atoms with Crippen LogP contribution in [0.2, 0.25) is 10.0 Å². The van der Waals surface area contributed by atoms with Crippen molar-refractivity contribution in [3.05, 3.63) is 50.4 Å². The zero-order valence-electron chi connectivity index (χ0n) is 13.4. The molecule has 3 rings (SSSR count). The molecule has 0 aliphatic carbocycles. The van der Waals surface area contributed by atoms with E-state index in [9.17, 15) is 9.59 Å². The number of aromatic nitrogens is 2. The predicted molar refractivity (Wildman–Crippen MR) is 95.7 cm³/mol. The molecule has 2 heterocycles. The molecule has 9 heteroatoms. The van der Waals surface area contributed by atoms with Crippen molar-refractivity contribution < 1.29 is 9.53 Å². The highest BCUT2D eigenvalue weighted by Crippen LogP contribution is 2.24. The Morgan fingerprint density at radius 2 is 2.16 bits per heavy atom. The molecule has 2 aromatic rings. The van der Waals surface area contributed by atoms with E-state index in [0.29, 0.717) is 29.5 Å². The Morgan fingerprint density at radius 1 is 1.40 bits per heavy atom. The lowest BCUT2D eigenvalue weighted by atomic mass is 10.2. The summed E-state index contributed by atoms with van der Waals surface area (Å²) >= 11 is 12.4. The number of ether oxygens (including phenoxy) is 1. The number of rotatable bonds is 3. The van der Waals surface area contributed by atoms with E-state index in [1.807, 2.05) is 6.92 Å². The third-order valence-electron chi connectivity index (χ3n) is 4.02. The van der Waals surface area contributed by atoms with Crippen LogP contribution in [0, 0.1) is 6.92 Å². The molecule has 1 amide bonds.